The van der Waals surface area contributed by atoms with Gasteiger partial charge in [-0.15, -0.1) is 11.3 Å². The Morgan fingerprint density at radius 1 is 1.30 bits per heavy atom. The van der Waals surface area contributed by atoms with E-state index in [1.807, 2.05) is 25.1 Å². The zero-order valence-electron chi connectivity index (χ0n) is 16.9. The molecule has 30 heavy (non-hydrogen) atoms. The normalized spacial score (nSPS) is 12.0. The van der Waals surface area contributed by atoms with E-state index in [-0.39, 0.29) is 30.1 Å². The number of aromatic nitrogens is 1. The summed E-state index contributed by atoms with van der Waals surface area (Å²) < 4.78 is 18.7. The number of halogens is 1. The molecule has 1 atom stereocenters. The quantitative estimate of drug-likeness (QED) is 0.572. The van der Waals surface area contributed by atoms with Gasteiger partial charge in [0, 0.05) is 11.9 Å². The molecule has 0 fully saturated rings. The molecule has 7 nitrogen and oxygen atoms in total. The molecule has 0 aliphatic carbocycles. The fourth-order valence-corrected chi connectivity index (χ4v) is 3.69. The van der Waals surface area contributed by atoms with Crippen molar-refractivity contribution in [2.75, 3.05) is 26.0 Å². The zero-order valence-corrected chi connectivity index (χ0v) is 17.8. The van der Waals surface area contributed by atoms with Gasteiger partial charge in [0.25, 0.3) is 5.91 Å². The van der Waals surface area contributed by atoms with E-state index in [0.29, 0.717) is 28.7 Å². The number of carbonyl (C=O) groups excluding carboxylic acids is 2. The summed E-state index contributed by atoms with van der Waals surface area (Å²) in [5, 5.41) is 7.72. The number of aryl methyl sites for hydroxylation is 1. The Morgan fingerprint density at radius 3 is 2.77 bits per heavy atom. The largest absolute Gasteiger partial charge is 0.469 e. The maximum Gasteiger partial charge on any atom is 0.260 e. The Balaban J connectivity index is 1.55. The van der Waals surface area contributed by atoms with Crippen LogP contribution in [0.1, 0.15) is 33.4 Å². The van der Waals surface area contributed by atoms with E-state index < -0.39 is 0 Å². The summed E-state index contributed by atoms with van der Waals surface area (Å²) in [6.07, 6.45) is 1.53. The molecule has 2 N–H and O–H groups in total. The number of amides is 2. The molecule has 9 heteroatoms. The van der Waals surface area contributed by atoms with Gasteiger partial charge in [0.1, 0.15) is 11.6 Å². The number of nitrogens with one attached hydrogen (secondary N) is 2. The van der Waals surface area contributed by atoms with Gasteiger partial charge >= 0.3 is 0 Å². The van der Waals surface area contributed by atoms with Crippen molar-refractivity contribution in [3.05, 3.63) is 70.4 Å². The lowest BCUT2D eigenvalue weighted by Gasteiger charge is -2.25. The third-order valence-corrected chi connectivity index (χ3v) is 5.37. The van der Waals surface area contributed by atoms with E-state index in [9.17, 15) is 14.0 Å². The van der Waals surface area contributed by atoms with Crippen LogP contribution in [-0.4, -0.2) is 42.3 Å². The zero-order chi connectivity index (χ0) is 21.7. The van der Waals surface area contributed by atoms with E-state index in [1.165, 1.54) is 29.7 Å². The smallest absolute Gasteiger partial charge is 0.260 e. The average molecular weight is 431 g/mol. The van der Waals surface area contributed by atoms with E-state index in [1.54, 1.807) is 24.4 Å². The molecule has 0 bridgehead atoms. The molecule has 3 aromatic rings. The molecular weight excluding hydrogens is 407 g/mol. The lowest BCUT2D eigenvalue weighted by Crippen LogP contribution is -2.35. The van der Waals surface area contributed by atoms with Gasteiger partial charge in [-0.05, 0) is 44.8 Å². The molecule has 0 aliphatic heterocycles. The van der Waals surface area contributed by atoms with Crippen LogP contribution in [-0.2, 0) is 11.2 Å². The predicted molar refractivity (Wildman–Crippen MR) is 113 cm³/mol. The van der Waals surface area contributed by atoms with Crippen molar-refractivity contribution < 1.29 is 18.4 Å². The molecule has 158 valence electrons. The van der Waals surface area contributed by atoms with Gasteiger partial charge in [-0.3, -0.25) is 14.9 Å². The van der Waals surface area contributed by atoms with Crippen LogP contribution >= 0.6 is 11.3 Å². The van der Waals surface area contributed by atoms with Crippen molar-refractivity contribution in [3.8, 4) is 0 Å². The Hall–Kier alpha value is -3.04. The van der Waals surface area contributed by atoms with E-state index >= 15 is 0 Å². The second kappa shape index (κ2) is 9.64. The lowest BCUT2D eigenvalue weighted by atomic mass is 10.1. The highest BCUT2D eigenvalue weighted by Gasteiger charge is 2.17. The van der Waals surface area contributed by atoms with E-state index in [2.05, 4.69) is 15.6 Å². The van der Waals surface area contributed by atoms with Crippen molar-refractivity contribution in [1.29, 1.82) is 0 Å². The van der Waals surface area contributed by atoms with Gasteiger partial charge < -0.3 is 14.6 Å². The molecule has 0 spiro atoms. The molecule has 3 rings (SSSR count). The van der Waals surface area contributed by atoms with Gasteiger partial charge in [-0.2, -0.15) is 0 Å². The van der Waals surface area contributed by atoms with Gasteiger partial charge in [-0.25, -0.2) is 9.37 Å². The fraction of sp³-hybridized carbons (Fsp3) is 0.286. The van der Waals surface area contributed by atoms with Crippen LogP contribution in [0.25, 0.3) is 0 Å². The number of likely N-dealkylation sites (N-methyl/N-ethyl adjacent to an activating group) is 1. The first-order valence-electron chi connectivity index (χ1n) is 9.32. The number of carbonyl (C=O) groups is 2. The molecule has 0 saturated heterocycles. The molecule has 2 amide bonds. The molecular formula is C21H23FN4O3S. The molecule has 2 heterocycles. The highest BCUT2D eigenvalue weighted by molar-refractivity contribution is 7.14. The van der Waals surface area contributed by atoms with Crippen molar-refractivity contribution >= 4 is 28.3 Å². The number of benzene rings is 1. The number of thiazole rings is 1. The summed E-state index contributed by atoms with van der Waals surface area (Å²) in [4.78, 5) is 30.8. The second-order valence-corrected chi connectivity index (χ2v) is 7.86. The van der Waals surface area contributed by atoms with Crippen LogP contribution in [0.3, 0.4) is 0 Å². The average Bonchev–Trinajstić information content (AvgIpc) is 3.30. The Labute approximate surface area is 177 Å². The van der Waals surface area contributed by atoms with Crippen LogP contribution < -0.4 is 10.6 Å². The summed E-state index contributed by atoms with van der Waals surface area (Å²) in [7, 11) is 3.75. The highest BCUT2D eigenvalue weighted by Crippen LogP contribution is 2.20. The Bertz CT molecular complexity index is 1030. The topological polar surface area (TPSA) is 87.5 Å². The number of rotatable bonds is 8. The third-order valence-electron chi connectivity index (χ3n) is 4.57. The number of anilines is 1. The molecule has 0 unspecified atom stereocenters. The van der Waals surface area contributed by atoms with Crippen LogP contribution in [0.5, 0.6) is 0 Å². The molecule has 0 saturated carbocycles. The van der Waals surface area contributed by atoms with E-state index in [4.69, 9.17) is 4.42 Å². The first kappa shape index (κ1) is 21.7. The summed E-state index contributed by atoms with van der Waals surface area (Å²) in [5.74, 6) is -0.298. The maximum atomic E-state index is 13.5. The van der Waals surface area contributed by atoms with Gasteiger partial charge in [0.2, 0.25) is 5.91 Å². The van der Waals surface area contributed by atoms with Crippen molar-refractivity contribution in [3.63, 3.8) is 0 Å². The number of hydrogen-bond donors (Lipinski definition) is 2. The van der Waals surface area contributed by atoms with Crippen LogP contribution in [0.15, 0.2) is 46.4 Å². The van der Waals surface area contributed by atoms with Crippen molar-refractivity contribution in [2.24, 2.45) is 0 Å². The highest BCUT2D eigenvalue weighted by atomic mass is 32.1. The summed E-state index contributed by atoms with van der Waals surface area (Å²) in [6, 6.07) is 7.77. The van der Waals surface area contributed by atoms with E-state index in [0.717, 1.165) is 5.56 Å². The standard InChI is InChI=1S/C21H23FN4O3S/c1-13-17(7-8-29-13)20(28)25-21-24-16(12-30-21)10-19(27)23-11-18(26(2)3)14-5-4-6-15(22)9-14/h4-9,12,18H,10-11H2,1-3H3,(H,23,27)(H,24,25,28)/t18-/m1/s1. The Morgan fingerprint density at radius 2 is 2.10 bits per heavy atom. The number of nitrogens with zero attached hydrogens (tertiary/aromatic N) is 2. The summed E-state index contributed by atoms with van der Waals surface area (Å²) in [5.41, 5.74) is 1.79. The van der Waals surface area contributed by atoms with Gasteiger partial charge in [-0.1, -0.05) is 12.1 Å². The predicted octanol–water partition coefficient (Wildman–Crippen LogP) is 3.40. The maximum absolute atomic E-state index is 13.5. The molecule has 2 aromatic heterocycles. The van der Waals surface area contributed by atoms with Crippen LogP contribution in [0.2, 0.25) is 0 Å². The Kier molecular flexibility index (Phi) is 6.96. The minimum absolute atomic E-state index is 0.0837. The van der Waals surface area contributed by atoms with Crippen molar-refractivity contribution in [1.82, 2.24) is 15.2 Å². The second-order valence-electron chi connectivity index (χ2n) is 7.00. The van der Waals surface area contributed by atoms with Crippen LogP contribution in [0.4, 0.5) is 9.52 Å². The third kappa shape index (κ3) is 5.52. The molecule has 0 radical (unpaired) electrons. The molecule has 0 aliphatic rings. The lowest BCUT2D eigenvalue weighted by molar-refractivity contribution is -0.120. The van der Waals surface area contributed by atoms with Crippen LogP contribution in [0, 0.1) is 12.7 Å². The first-order chi connectivity index (χ1) is 14.3. The summed E-state index contributed by atoms with van der Waals surface area (Å²) >= 11 is 1.25. The number of hydrogen-bond acceptors (Lipinski definition) is 6. The van der Waals surface area contributed by atoms with Gasteiger partial charge in [0.05, 0.1) is 30.0 Å². The van der Waals surface area contributed by atoms with Crippen molar-refractivity contribution in [2.45, 2.75) is 19.4 Å². The number of furan rings is 1. The fourth-order valence-electron chi connectivity index (χ4n) is 2.98. The minimum atomic E-state index is -0.312. The first-order valence-corrected chi connectivity index (χ1v) is 10.2. The summed E-state index contributed by atoms with van der Waals surface area (Å²) in [6.45, 7) is 2.04. The monoisotopic (exact) mass is 430 g/mol. The van der Waals surface area contributed by atoms with Gasteiger partial charge in [0.15, 0.2) is 5.13 Å². The molecule has 1 aromatic carbocycles. The SMILES string of the molecule is Cc1occc1C(=O)Nc1nc(CC(=O)NC[C@H](c2cccc(F)c2)N(C)C)cs1. The minimum Gasteiger partial charge on any atom is -0.469 e.